The van der Waals surface area contributed by atoms with Crippen molar-refractivity contribution < 1.29 is 0 Å². The van der Waals surface area contributed by atoms with Gasteiger partial charge in [0.15, 0.2) is 17.5 Å². The molecule has 16 aromatic rings. The van der Waals surface area contributed by atoms with Crippen LogP contribution in [-0.2, 0) is 0 Å². The quantitative estimate of drug-likeness (QED) is 0.111. The van der Waals surface area contributed by atoms with Gasteiger partial charge >= 0.3 is 0 Å². The van der Waals surface area contributed by atoms with Crippen molar-refractivity contribution in [3.63, 3.8) is 0 Å². The summed E-state index contributed by atoms with van der Waals surface area (Å²) in [6.07, 6.45) is 0. The summed E-state index contributed by atoms with van der Waals surface area (Å²) in [6.45, 7) is 41.5. The molecule has 22 rings (SSSR count). The van der Waals surface area contributed by atoms with Crippen molar-refractivity contribution in [1.82, 2.24) is 15.0 Å². The molecule has 0 N–H and O–H groups in total. The first-order valence-electron chi connectivity index (χ1n) is 44.8. The lowest BCUT2D eigenvalue weighted by Gasteiger charge is -2.44. The van der Waals surface area contributed by atoms with E-state index in [0.717, 1.165) is 67.9 Å². The van der Waals surface area contributed by atoms with Gasteiger partial charge in [-0.3, -0.25) is 0 Å². The van der Waals surface area contributed by atoms with Gasteiger partial charge in [-0.1, -0.05) is 235 Å². The molecular weight excluding hydrogens is 1580 g/mol. The molecule has 0 amide bonds. The summed E-state index contributed by atoms with van der Waals surface area (Å²) in [5, 5.41) is 4.27. The zero-order valence-corrected chi connectivity index (χ0v) is 78.5. The fourth-order valence-electron chi connectivity index (χ4n) is 21.0. The first-order chi connectivity index (χ1) is 60.5. The minimum absolute atomic E-state index is 0.174. The molecule has 0 saturated heterocycles. The van der Waals surface area contributed by atoms with Gasteiger partial charge in [0.25, 0.3) is 20.1 Å². The number of anilines is 18. The van der Waals surface area contributed by atoms with Crippen molar-refractivity contribution in [2.24, 2.45) is 0 Å². The van der Waals surface area contributed by atoms with E-state index in [-0.39, 0.29) is 20.1 Å². The van der Waals surface area contributed by atoms with Crippen molar-refractivity contribution in [2.45, 2.75) is 121 Å². The topological polar surface area (TPSA) is 58.1 Å². The van der Waals surface area contributed by atoms with E-state index >= 15 is 0 Å². The number of aromatic nitrogens is 3. The molecule has 612 valence electrons. The van der Waals surface area contributed by atoms with Crippen LogP contribution in [-0.4, -0.2) is 59.3 Å². The first kappa shape index (κ1) is 78.9. The molecule has 15 aromatic carbocycles. The molecule has 7 heterocycles. The number of nitrogens with zero attached hydrogens (tertiary/aromatic N) is 9. The van der Waals surface area contributed by atoms with Crippen molar-refractivity contribution in [1.29, 1.82) is 0 Å². The Bertz CT molecular complexity index is 6540. The molecular formula is C111H102B3N9Si3. The zero-order chi connectivity index (χ0) is 86.7. The summed E-state index contributed by atoms with van der Waals surface area (Å²) in [4.78, 5) is 33.2. The third-order valence-corrected chi connectivity index (χ3v) is 33.6. The van der Waals surface area contributed by atoms with Crippen LogP contribution < -0.4 is 94.1 Å². The van der Waals surface area contributed by atoms with Crippen LogP contribution in [0.25, 0.3) is 34.2 Å². The summed E-state index contributed by atoms with van der Waals surface area (Å²) in [7, 11) is -5.08. The van der Waals surface area contributed by atoms with Gasteiger partial charge in [-0.15, -0.1) is 0 Å². The predicted octanol–water partition coefficient (Wildman–Crippen LogP) is 21.5. The van der Waals surface area contributed by atoms with E-state index in [2.05, 4.69) is 442 Å². The Kier molecular flexibility index (Phi) is 18.2. The Morgan fingerprint density at radius 1 is 0.183 bits per heavy atom. The summed E-state index contributed by atoms with van der Waals surface area (Å²) in [5.41, 5.74) is 45.4. The Morgan fingerprint density at radius 3 is 0.571 bits per heavy atom. The first-order valence-corrected chi connectivity index (χ1v) is 55.3. The Morgan fingerprint density at radius 2 is 0.365 bits per heavy atom. The molecule has 0 unspecified atom stereocenters. The molecule has 0 radical (unpaired) electrons. The van der Waals surface area contributed by atoms with E-state index < -0.39 is 24.2 Å². The number of rotatable bonds is 12. The average molecular weight is 1680 g/mol. The normalized spacial score (nSPS) is 13.8. The number of hydrogen-bond donors (Lipinski definition) is 0. The number of fused-ring (bicyclic) bond motifs is 12. The largest absolute Gasteiger partial charge is 0.311 e. The zero-order valence-electron chi connectivity index (χ0n) is 75.5. The van der Waals surface area contributed by atoms with Crippen LogP contribution in [0.4, 0.5) is 102 Å². The second kappa shape index (κ2) is 29.0. The Hall–Kier alpha value is -13.0. The molecule has 1 aromatic heterocycles. The summed E-state index contributed by atoms with van der Waals surface area (Å²) >= 11 is 0. The molecule has 0 bridgehead atoms. The maximum Gasteiger partial charge on any atom is 0.252 e. The lowest BCUT2D eigenvalue weighted by Crippen LogP contribution is -2.61. The van der Waals surface area contributed by atoms with Crippen molar-refractivity contribution in [3.05, 3.63) is 341 Å². The van der Waals surface area contributed by atoms with Crippen LogP contribution in [0.5, 0.6) is 0 Å². The Labute approximate surface area is 747 Å². The molecule has 15 heteroatoms. The molecule has 6 aliphatic heterocycles. The van der Waals surface area contributed by atoms with Crippen molar-refractivity contribution >= 4 is 211 Å². The highest BCUT2D eigenvalue weighted by molar-refractivity contribution is 7.02. The fraction of sp³-hybridized carbons (Fsp3) is 0.162. The highest BCUT2D eigenvalue weighted by atomic mass is 28.3. The van der Waals surface area contributed by atoms with Gasteiger partial charge in [0.05, 0.1) is 24.2 Å². The fourth-order valence-corrected chi connectivity index (χ4v) is 24.5. The second-order valence-electron chi connectivity index (χ2n) is 39.7. The minimum atomic E-state index is -1.69. The average Bonchev–Trinajstić information content (AvgIpc) is 0.704. The van der Waals surface area contributed by atoms with E-state index in [1.54, 1.807) is 0 Å². The maximum absolute atomic E-state index is 5.99. The third-order valence-electron chi connectivity index (χ3n) is 27.4. The van der Waals surface area contributed by atoms with Gasteiger partial charge < -0.3 is 29.4 Å². The molecule has 0 aliphatic carbocycles. The van der Waals surface area contributed by atoms with Crippen LogP contribution >= 0.6 is 0 Å². The van der Waals surface area contributed by atoms with Gasteiger partial charge in [0.2, 0.25) is 0 Å². The monoisotopic (exact) mass is 1680 g/mol. The Balaban J connectivity index is 0.804. The molecule has 0 saturated carbocycles. The molecule has 0 atom stereocenters. The van der Waals surface area contributed by atoms with Crippen LogP contribution in [0.3, 0.4) is 0 Å². The van der Waals surface area contributed by atoms with Gasteiger partial charge in [0, 0.05) is 119 Å². The standard InChI is InChI=1S/C111H102B3N9Si3/c1-67-19-31-79(32-20-67)118-94-49-25-70(4)55-88(94)112-91-64-76(28-52-97(91)121(103-61-73(7)58-100(118)106(103)112)82-37-43-85(44-38-82)124(10,11)12)109-115-110(77-29-53-98-92(65-77)113-89-56-71(5)26-50-95(89)119(80-33-21-68(2)22-34-80)101-59-74(8)62-104(107(101)113)122(98)83-39-45-86(46-40-83)125(13,14)15)117-111(116-109)78-30-54-99-93(66-78)114-90-57-72(6)27-51-96(90)120(81-35-23-69(3)24-36-81)102-60-75(9)63-105(108(102)114)123(99)84-41-47-87(48-42-84)126(16,17)18/h19-66H,1-18H3. The molecule has 9 nitrogen and oxygen atoms in total. The number of aryl methyl sites for hydroxylation is 9. The SMILES string of the molecule is Cc1ccc(N2c3ccc(C)cc3B3c4cc(-c5nc(-c6ccc7c(c6)B6c8cc(C)ccc8N(c8ccc(C)cc8)c8cc(C)cc(c86)N7c6ccc([Si](C)(C)C)cc6)nc(-c6ccc7c(c6)B6c8cc(C)ccc8N(c8ccc(C)cc8)c8cc(C)cc(c86)N7c6ccc([Si](C)(C)C)cc6)n5)ccc4N(c4ccc([Si](C)(C)C)cc4)c4cc(C)cc2c43)cc1. The second-order valence-corrected chi connectivity index (χ2v) is 54.9. The maximum atomic E-state index is 5.99. The molecule has 126 heavy (non-hydrogen) atoms. The number of hydrogen-bond acceptors (Lipinski definition) is 9. The molecule has 0 spiro atoms. The minimum Gasteiger partial charge on any atom is -0.311 e. The summed E-state index contributed by atoms with van der Waals surface area (Å²) in [6, 6.07) is 113. The predicted molar refractivity (Wildman–Crippen MR) is 550 cm³/mol. The van der Waals surface area contributed by atoms with E-state index in [1.807, 2.05) is 0 Å². The van der Waals surface area contributed by atoms with Crippen molar-refractivity contribution in [2.75, 3.05) is 29.4 Å². The van der Waals surface area contributed by atoms with E-state index in [4.69, 9.17) is 15.0 Å². The van der Waals surface area contributed by atoms with Gasteiger partial charge in [-0.2, -0.15) is 0 Å². The van der Waals surface area contributed by atoms with E-state index in [0.29, 0.717) is 17.5 Å². The summed E-state index contributed by atoms with van der Waals surface area (Å²) in [5.74, 6) is 1.78. The van der Waals surface area contributed by atoms with Crippen molar-refractivity contribution in [3.8, 4) is 34.2 Å². The lowest BCUT2D eigenvalue weighted by atomic mass is 9.33. The number of benzene rings is 15. The smallest absolute Gasteiger partial charge is 0.252 e. The van der Waals surface area contributed by atoms with E-state index in [1.165, 1.54) is 166 Å². The summed E-state index contributed by atoms with van der Waals surface area (Å²) < 4.78 is 0. The van der Waals surface area contributed by atoms with Crippen LogP contribution in [0.15, 0.2) is 291 Å². The lowest BCUT2D eigenvalue weighted by molar-refractivity contribution is 1.07. The van der Waals surface area contributed by atoms with Gasteiger partial charge in [-0.25, -0.2) is 15.0 Å². The highest BCUT2D eigenvalue weighted by Crippen LogP contribution is 2.51. The van der Waals surface area contributed by atoms with Gasteiger partial charge in [-0.05, 0) is 292 Å². The highest BCUT2D eigenvalue weighted by Gasteiger charge is 2.49. The van der Waals surface area contributed by atoms with Crippen LogP contribution in [0, 0.1) is 62.3 Å². The van der Waals surface area contributed by atoms with Crippen LogP contribution in [0.2, 0.25) is 58.9 Å². The van der Waals surface area contributed by atoms with E-state index in [9.17, 15) is 0 Å². The third kappa shape index (κ3) is 12.9. The van der Waals surface area contributed by atoms with Gasteiger partial charge in [0.1, 0.15) is 0 Å². The molecule has 6 aliphatic rings. The van der Waals surface area contributed by atoms with Crippen LogP contribution in [0.1, 0.15) is 50.1 Å². The molecule has 0 fully saturated rings.